The van der Waals surface area contributed by atoms with E-state index in [1.54, 1.807) is 24.3 Å². The highest BCUT2D eigenvalue weighted by atomic mass is 35.5. The molecule has 1 saturated carbocycles. The molecule has 1 fully saturated rings. The van der Waals surface area contributed by atoms with Crippen molar-refractivity contribution in [2.75, 3.05) is 0 Å². The number of nitrogens with one attached hydrogen (secondary N) is 1. The molecule has 126 valence electrons. The largest absolute Gasteiger partial charge is 0.334 e. The van der Waals surface area contributed by atoms with Crippen LogP contribution in [-0.4, -0.2) is 11.4 Å². The van der Waals surface area contributed by atoms with Gasteiger partial charge in [0.25, 0.3) is 5.91 Å². The molecule has 0 aliphatic heterocycles. The first-order chi connectivity index (χ1) is 11.9. The Morgan fingerprint density at radius 2 is 1.88 bits per heavy atom. The van der Waals surface area contributed by atoms with Gasteiger partial charge in [-0.05, 0) is 48.7 Å². The van der Waals surface area contributed by atoms with Crippen molar-refractivity contribution < 1.29 is 13.6 Å². The molecule has 2 aromatic carbocycles. The normalized spacial score (nSPS) is 15.4. The maximum atomic E-state index is 14.2. The number of amides is 1. The highest BCUT2D eigenvalue weighted by Gasteiger charge is 2.45. The molecule has 1 N–H and O–H groups in total. The summed E-state index contributed by atoms with van der Waals surface area (Å²) in [5.41, 5.74) is -0.295. The Kier molecular flexibility index (Phi) is 4.56. The van der Waals surface area contributed by atoms with Crippen LogP contribution in [0.4, 0.5) is 8.78 Å². The van der Waals surface area contributed by atoms with Crippen molar-refractivity contribution in [3.8, 4) is 6.07 Å². The van der Waals surface area contributed by atoms with Crippen LogP contribution in [0.25, 0.3) is 11.6 Å². The van der Waals surface area contributed by atoms with Crippen LogP contribution in [0.1, 0.15) is 24.0 Å². The smallest absolute Gasteiger partial charge is 0.253 e. The lowest BCUT2D eigenvalue weighted by Crippen LogP contribution is -2.36. The highest BCUT2D eigenvalue weighted by molar-refractivity contribution is 6.30. The first-order valence-electron chi connectivity index (χ1n) is 7.59. The number of nitrogens with zero attached hydrogens (tertiary/aromatic N) is 1. The summed E-state index contributed by atoms with van der Waals surface area (Å²) < 4.78 is 27.4. The quantitative estimate of drug-likeness (QED) is 0.653. The number of benzene rings is 2. The van der Waals surface area contributed by atoms with Crippen LogP contribution in [0.15, 0.2) is 42.5 Å². The SMILES string of the molecule is N#CC1(NC(=O)/C(=C/c2ccc(Cl)cc2)c2ccc(F)cc2F)CC1. The van der Waals surface area contributed by atoms with Gasteiger partial charge in [0.1, 0.15) is 17.2 Å². The van der Waals surface area contributed by atoms with Crippen LogP contribution >= 0.6 is 11.6 Å². The summed E-state index contributed by atoms with van der Waals surface area (Å²) in [6.45, 7) is 0. The summed E-state index contributed by atoms with van der Waals surface area (Å²) in [4.78, 5) is 12.6. The third-order valence-electron chi connectivity index (χ3n) is 3.96. The van der Waals surface area contributed by atoms with Crippen molar-refractivity contribution in [2.24, 2.45) is 0 Å². The number of carbonyl (C=O) groups excluding carboxylic acids is 1. The molecule has 0 spiro atoms. The van der Waals surface area contributed by atoms with Gasteiger partial charge in [0.2, 0.25) is 0 Å². The third-order valence-corrected chi connectivity index (χ3v) is 4.22. The van der Waals surface area contributed by atoms with E-state index in [-0.39, 0.29) is 11.1 Å². The molecule has 1 aliphatic carbocycles. The van der Waals surface area contributed by atoms with Gasteiger partial charge < -0.3 is 5.32 Å². The second-order valence-electron chi connectivity index (χ2n) is 5.88. The lowest BCUT2D eigenvalue weighted by Gasteiger charge is -2.13. The van der Waals surface area contributed by atoms with Crippen LogP contribution < -0.4 is 5.32 Å². The van der Waals surface area contributed by atoms with E-state index in [1.807, 2.05) is 0 Å². The predicted octanol–water partition coefficient (Wildman–Crippen LogP) is 4.33. The van der Waals surface area contributed by atoms with Gasteiger partial charge in [0.05, 0.1) is 11.6 Å². The molecule has 1 amide bonds. The fraction of sp³-hybridized carbons (Fsp3) is 0.158. The lowest BCUT2D eigenvalue weighted by atomic mass is 10.0. The van der Waals surface area contributed by atoms with E-state index < -0.39 is 23.1 Å². The van der Waals surface area contributed by atoms with Crippen molar-refractivity contribution in [1.29, 1.82) is 5.26 Å². The second-order valence-corrected chi connectivity index (χ2v) is 6.32. The third kappa shape index (κ3) is 3.86. The highest BCUT2D eigenvalue weighted by Crippen LogP contribution is 2.35. The number of halogens is 3. The maximum Gasteiger partial charge on any atom is 0.253 e. The van der Waals surface area contributed by atoms with Crippen molar-refractivity contribution in [3.63, 3.8) is 0 Å². The van der Waals surface area contributed by atoms with Crippen molar-refractivity contribution in [2.45, 2.75) is 18.4 Å². The lowest BCUT2D eigenvalue weighted by molar-refractivity contribution is -0.116. The summed E-state index contributed by atoms with van der Waals surface area (Å²) in [5, 5.41) is 12.3. The van der Waals surface area contributed by atoms with Gasteiger partial charge in [-0.25, -0.2) is 8.78 Å². The minimum atomic E-state index is -0.896. The van der Waals surface area contributed by atoms with E-state index in [4.69, 9.17) is 16.9 Å². The first-order valence-corrected chi connectivity index (χ1v) is 7.97. The molecule has 0 saturated heterocycles. The summed E-state index contributed by atoms with van der Waals surface area (Å²) >= 11 is 5.85. The van der Waals surface area contributed by atoms with E-state index in [9.17, 15) is 13.6 Å². The Balaban J connectivity index is 2.03. The number of hydrogen-bond donors (Lipinski definition) is 1. The molecular formula is C19H13ClF2N2O. The molecular weight excluding hydrogens is 346 g/mol. The van der Waals surface area contributed by atoms with Gasteiger partial charge in [-0.2, -0.15) is 5.26 Å². The fourth-order valence-corrected chi connectivity index (χ4v) is 2.50. The van der Waals surface area contributed by atoms with Crippen LogP contribution in [-0.2, 0) is 4.79 Å². The van der Waals surface area contributed by atoms with Crippen molar-refractivity contribution in [3.05, 3.63) is 70.2 Å². The minimum Gasteiger partial charge on any atom is -0.334 e. The molecule has 0 atom stereocenters. The van der Waals surface area contributed by atoms with Crippen molar-refractivity contribution >= 4 is 29.2 Å². The van der Waals surface area contributed by atoms with Gasteiger partial charge >= 0.3 is 0 Å². The zero-order valence-corrected chi connectivity index (χ0v) is 13.8. The first kappa shape index (κ1) is 17.1. The van der Waals surface area contributed by atoms with Crippen LogP contribution in [0.3, 0.4) is 0 Å². The maximum absolute atomic E-state index is 14.2. The molecule has 3 rings (SSSR count). The Morgan fingerprint density at radius 1 is 1.20 bits per heavy atom. The zero-order chi connectivity index (χ0) is 18.0. The molecule has 3 nitrogen and oxygen atoms in total. The molecule has 0 radical (unpaired) electrons. The second kappa shape index (κ2) is 6.66. The van der Waals surface area contributed by atoms with Gasteiger partial charge in [-0.1, -0.05) is 23.7 Å². The van der Waals surface area contributed by atoms with E-state index in [2.05, 4.69) is 11.4 Å². The molecule has 6 heteroatoms. The standard InChI is InChI=1S/C19H13ClF2N2O/c20-13-3-1-12(2-4-13)9-16(15-6-5-14(21)10-17(15)22)18(25)24-19(11-23)7-8-19/h1-6,9-10H,7-8H2,(H,24,25)/b16-9+. The predicted molar refractivity (Wildman–Crippen MR) is 91.4 cm³/mol. The molecule has 0 bridgehead atoms. The molecule has 0 aromatic heterocycles. The van der Waals surface area contributed by atoms with E-state index >= 15 is 0 Å². The molecule has 2 aromatic rings. The van der Waals surface area contributed by atoms with E-state index in [1.165, 1.54) is 12.1 Å². The van der Waals surface area contributed by atoms with Gasteiger partial charge in [-0.3, -0.25) is 4.79 Å². The molecule has 0 unspecified atom stereocenters. The molecule has 0 heterocycles. The zero-order valence-electron chi connectivity index (χ0n) is 13.0. The Hall–Kier alpha value is -2.71. The number of rotatable bonds is 4. The summed E-state index contributed by atoms with van der Waals surface area (Å²) in [6, 6.07) is 11.7. The van der Waals surface area contributed by atoms with E-state index in [0.29, 0.717) is 23.4 Å². The fourth-order valence-electron chi connectivity index (χ4n) is 2.37. The van der Waals surface area contributed by atoms with Gasteiger partial charge in [0, 0.05) is 16.7 Å². The van der Waals surface area contributed by atoms with Gasteiger partial charge in [0.15, 0.2) is 0 Å². The van der Waals surface area contributed by atoms with Crippen LogP contribution in [0.5, 0.6) is 0 Å². The topological polar surface area (TPSA) is 52.9 Å². The average molecular weight is 359 g/mol. The van der Waals surface area contributed by atoms with Crippen LogP contribution in [0, 0.1) is 23.0 Å². The van der Waals surface area contributed by atoms with Crippen LogP contribution in [0.2, 0.25) is 5.02 Å². The summed E-state index contributed by atoms with van der Waals surface area (Å²) in [6.07, 6.45) is 2.58. The average Bonchev–Trinajstić information content (AvgIpc) is 3.35. The monoisotopic (exact) mass is 358 g/mol. The Bertz CT molecular complexity index is 897. The number of nitriles is 1. The Labute approximate surface area is 148 Å². The Morgan fingerprint density at radius 3 is 2.44 bits per heavy atom. The molecule has 1 aliphatic rings. The number of hydrogen-bond acceptors (Lipinski definition) is 2. The van der Waals surface area contributed by atoms with E-state index in [0.717, 1.165) is 12.1 Å². The number of carbonyl (C=O) groups is 1. The molecule has 25 heavy (non-hydrogen) atoms. The minimum absolute atomic E-state index is 0.0151. The van der Waals surface area contributed by atoms with Gasteiger partial charge in [-0.15, -0.1) is 0 Å². The van der Waals surface area contributed by atoms with Crippen molar-refractivity contribution in [1.82, 2.24) is 5.32 Å². The summed E-state index contributed by atoms with van der Waals surface area (Å²) in [5.74, 6) is -2.17. The summed E-state index contributed by atoms with van der Waals surface area (Å²) in [7, 11) is 0.